The van der Waals surface area contributed by atoms with Gasteiger partial charge in [0.25, 0.3) is 5.91 Å². The molecular weight excluding hydrogens is 412 g/mol. The number of amides is 1. The number of nitrogens with one attached hydrogen (secondary N) is 1. The molecule has 0 aliphatic heterocycles. The highest BCUT2D eigenvalue weighted by molar-refractivity contribution is 5.94. The predicted octanol–water partition coefficient (Wildman–Crippen LogP) is 3.16. The molecule has 0 saturated carbocycles. The summed E-state index contributed by atoms with van der Waals surface area (Å²) in [6, 6.07) is 11.8. The number of hydrogen-bond acceptors (Lipinski definition) is 7. The largest absolute Gasteiger partial charge is 0.507 e. The summed E-state index contributed by atoms with van der Waals surface area (Å²) in [6.07, 6.45) is 1.66. The number of phenols is 1. The van der Waals surface area contributed by atoms with Crippen LogP contribution >= 0.6 is 0 Å². The maximum absolute atomic E-state index is 12.4. The van der Waals surface area contributed by atoms with Crippen LogP contribution in [0.5, 0.6) is 17.2 Å². The van der Waals surface area contributed by atoms with Gasteiger partial charge >= 0.3 is 0 Å². The minimum atomic E-state index is -0.491. The first-order valence-corrected chi connectivity index (χ1v) is 10.4. The standard InChI is InChI=1S/C24H28N2O6/c1-26(15-16-8-4-5-9-20(16)31-3)11-7-6-10-25-24(29)22-14-19(28)23-18(27)12-17(30-2)13-21(23)32-22/h4-5,8-9,12-14,27H,6-7,10-11,15H2,1-3H3,(H,25,29). The van der Waals surface area contributed by atoms with E-state index in [1.165, 1.54) is 19.2 Å². The molecule has 1 amide bonds. The van der Waals surface area contributed by atoms with E-state index in [-0.39, 0.29) is 22.5 Å². The number of ether oxygens (including phenoxy) is 2. The van der Waals surface area contributed by atoms with Crippen molar-refractivity contribution in [2.24, 2.45) is 0 Å². The second-order valence-corrected chi connectivity index (χ2v) is 7.51. The first-order chi connectivity index (χ1) is 15.4. The van der Waals surface area contributed by atoms with Crippen LogP contribution in [0.2, 0.25) is 0 Å². The molecule has 32 heavy (non-hydrogen) atoms. The Labute approximate surface area is 186 Å². The number of methoxy groups -OCH3 is 2. The highest BCUT2D eigenvalue weighted by Crippen LogP contribution is 2.28. The van der Waals surface area contributed by atoms with Crippen LogP contribution in [0.4, 0.5) is 0 Å². The quantitative estimate of drug-likeness (QED) is 0.467. The zero-order valence-electron chi connectivity index (χ0n) is 18.5. The number of nitrogens with zero attached hydrogens (tertiary/aromatic N) is 1. The topological polar surface area (TPSA) is 101 Å². The molecule has 1 heterocycles. The van der Waals surface area contributed by atoms with E-state index in [9.17, 15) is 14.7 Å². The third-order valence-electron chi connectivity index (χ3n) is 5.13. The maximum atomic E-state index is 12.4. The number of phenolic OH excluding ortho intramolecular Hbond substituents is 1. The third-order valence-corrected chi connectivity index (χ3v) is 5.13. The number of fused-ring (bicyclic) bond motifs is 1. The molecule has 1 aromatic heterocycles. The van der Waals surface area contributed by atoms with E-state index in [1.807, 2.05) is 31.3 Å². The average molecular weight is 440 g/mol. The lowest BCUT2D eigenvalue weighted by Gasteiger charge is -2.18. The van der Waals surface area contributed by atoms with Crippen LogP contribution in [0.15, 0.2) is 51.7 Å². The number of carbonyl (C=O) groups is 1. The van der Waals surface area contributed by atoms with E-state index < -0.39 is 11.3 Å². The number of para-hydroxylation sites is 1. The van der Waals surface area contributed by atoms with E-state index in [0.29, 0.717) is 12.3 Å². The van der Waals surface area contributed by atoms with Crippen LogP contribution in [0.25, 0.3) is 11.0 Å². The molecule has 0 radical (unpaired) electrons. The van der Waals surface area contributed by atoms with Gasteiger partial charge in [0, 0.05) is 36.9 Å². The molecule has 3 aromatic rings. The molecule has 8 heteroatoms. The fraction of sp³-hybridized carbons (Fsp3) is 0.333. The molecule has 0 fully saturated rings. The van der Waals surface area contributed by atoms with Crippen molar-refractivity contribution in [3.05, 3.63) is 64.0 Å². The molecule has 2 N–H and O–H groups in total. The van der Waals surface area contributed by atoms with Crippen molar-refractivity contribution >= 4 is 16.9 Å². The SMILES string of the molecule is COc1cc(O)c2c(=O)cc(C(=O)NCCCCN(C)Cc3ccccc3OC)oc2c1. The monoisotopic (exact) mass is 440 g/mol. The summed E-state index contributed by atoms with van der Waals surface area (Å²) in [6.45, 7) is 2.08. The molecule has 0 unspecified atom stereocenters. The Morgan fingerprint density at radius 3 is 2.66 bits per heavy atom. The molecule has 0 atom stereocenters. The Balaban J connectivity index is 1.50. The Hall–Kier alpha value is -3.52. The lowest BCUT2D eigenvalue weighted by Crippen LogP contribution is -2.26. The Morgan fingerprint density at radius 1 is 1.12 bits per heavy atom. The zero-order valence-corrected chi connectivity index (χ0v) is 18.5. The van der Waals surface area contributed by atoms with Gasteiger partial charge in [0.2, 0.25) is 0 Å². The summed E-state index contributed by atoms with van der Waals surface area (Å²) in [5, 5.41) is 12.8. The van der Waals surface area contributed by atoms with Gasteiger partial charge in [-0.3, -0.25) is 9.59 Å². The number of hydrogen-bond donors (Lipinski definition) is 2. The molecule has 2 aromatic carbocycles. The zero-order chi connectivity index (χ0) is 23.1. The minimum Gasteiger partial charge on any atom is -0.507 e. The number of unbranched alkanes of at least 4 members (excludes halogenated alkanes) is 1. The van der Waals surface area contributed by atoms with E-state index in [1.54, 1.807) is 7.11 Å². The Kier molecular flexibility index (Phi) is 7.72. The van der Waals surface area contributed by atoms with Crippen LogP contribution in [0.1, 0.15) is 29.0 Å². The van der Waals surface area contributed by atoms with Crippen LogP contribution in [-0.4, -0.2) is 50.3 Å². The minimum absolute atomic E-state index is 0.0143. The molecule has 0 spiro atoms. The van der Waals surface area contributed by atoms with E-state index >= 15 is 0 Å². The summed E-state index contributed by atoms with van der Waals surface area (Å²) >= 11 is 0. The number of carbonyl (C=O) groups excluding carboxylic acids is 1. The van der Waals surface area contributed by atoms with Gasteiger partial charge in [-0.15, -0.1) is 0 Å². The first kappa shape index (κ1) is 23.1. The van der Waals surface area contributed by atoms with Gasteiger partial charge in [-0.1, -0.05) is 18.2 Å². The number of benzene rings is 2. The Morgan fingerprint density at radius 2 is 1.91 bits per heavy atom. The van der Waals surface area contributed by atoms with Crippen molar-refractivity contribution < 1.29 is 23.8 Å². The summed E-state index contributed by atoms with van der Waals surface area (Å²) in [4.78, 5) is 26.9. The smallest absolute Gasteiger partial charge is 0.287 e. The molecular formula is C24H28N2O6. The van der Waals surface area contributed by atoms with Crippen LogP contribution in [-0.2, 0) is 6.54 Å². The third kappa shape index (κ3) is 5.59. The van der Waals surface area contributed by atoms with E-state index in [0.717, 1.165) is 43.3 Å². The molecule has 8 nitrogen and oxygen atoms in total. The average Bonchev–Trinajstić information content (AvgIpc) is 2.78. The molecule has 0 aliphatic rings. The van der Waals surface area contributed by atoms with Crippen molar-refractivity contribution in [3.8, 4) is 17.2 Å². The van der Waals surface area contributed by atoms with Gasteiger partial charge < -0.3 is 29.2 Å². The van der Waals surface area contributed by atoms with Gasteiger partial charge in [-0.2, -0.15) is 0 Å². The number of aromatic hydroxyl groups is 1. The maximum Gasteiger partial charge on any atom is 0.287 e. The summed E-state index contributed by atoms with van der Waals surface area (Å²) < 4.78 is 16.0. The second-order valence-electron chi connectivity index (χ2n) is 7.51. The highest BCUT2D eigenvalue weighted by Gasteiger charge is 2.15. The normalized spacial score (nSPS) is 11.0. The molecule has 0 aliphatic carbocycles. The molecule has 170 valence electrons. The van der Waals surface area contributed by atoms with Gasteiger partial charge in [-0.05, 0) is 32.5 Å². The van der Waals surface area contributed by atoms with Gasteiger partial charge in [0.15, 0.2) is 11.2 Å². The van der Waals surface area contributed by atoms with Gasteiger partial charge in [0.05, 0.1) is 14.2 Å². The lowest BCUT2D eigenvalue weighted by molar-refractivity contribution is 0.0925. The van der Waals surface area contributed by atoms with Crippen LogP contribution in [0.3, 0.4) is 0 Å². The van der Waals surface area contributed by atoms with E-state index in [4.69, 9.17) is 13.9 Å². The van der Waals surface area contributed by atoms with Gasteiger partial charge in [0.1, 0.15) is 28.2 Å². The van der Waals surface area contributed by atoms with Gasteiger partial charge in [-0.25, -0.2) is 0 Å². The van der Waals surface area contributed by atoms with Crippen molar-refractivity contribution in [3.63, 3.8) is 0 Å². The van der Waals surface area contributed by atoms with E-state index in [2.05, 4.69) is 10.2 Å². The fourth-order valence-corrected chi connectivity index (χ4v) is 3.47. The van der Waals surface area contributed by atoms with Crippen molar-refractivity contribution in [2.75, 3.05) is 34.4 Å². The summed E-state index contributed by atoms with van der Waals surface area (Å²) in [5.41, 5.74) is 0.729. The van der Waals surface area contributed by atoms with Crippen LogP contribution < -0.4 is 20.2 Å². The van der Waals surface area contributed by atoms with Crippen molar-refractivity contribution in [2.45, 2.75) is 19.4 Å². The first-order valence-electron chi connectivity index (χ1n) is 10.4. The van der Waals surface area contributed by atoms with Crippen molar-refractivity contribution in [1.29, 1.82) is 0 Å². The Bertz CT molecular complexity index is 1140. The molecule has 3 rings (SSSR count). The highest BCUT2D eigenvalue weighted by atomic mass is 16.5. The van der Waals surface area contributed by atoms with Crippen LogP contribution in [0, 0.1) is 0 Å². The van der Waals surface area contributed by atoms with Crippen molar-refractivity contribution in [1.82, 2.24) is 10.2 Å². The molecule has 0 saturated heterocycles. The summed E-state index contributed by atoms with van der Waals surface area (Å²) in [7, 11) is 5.14. The summed E-state index contributed by atoms with van der Waals surface area (Å²) in [5.74, 6) is 0.358. The molecule has 0 bridgehead atoms. The second kappa shape index (κ2) is 10.7. The predicted molar refractivity (Wildman–Crippen MR) is 122 cm³/mol. The lowest BCUT2D eigenvalue weighted by atomic mass is 10.2. The number of rotatable bonds is 10. The fourth-order valence-electron chi connectivity index (χ4n) is 3.47.